The van der Waals surface area contributed by atoms with Gasteiger partial charge in [0.15, 0.2) is 0 Å². The molecule has 0 radical (unpaired) electrons. The van der Waals surface area contributed by atoms with Gasteiger partial charge >= 0.3 is 0 Å². The Labute approximate surface area is 92.0 Å². The van der Waals surface area contributed by atoms with Gasteiger partial charge in [-0.15, -0.1) is 0 Å². The number of nitrogens with two attached hydrogens (primary N) is 1. The zero-order valence-electron chi connectivity index (χ0n) is 5.84. The van der Waals surface area contributed by atoms with Crippen molar-refractivity contribution in [2.24, 2.45) is 5.73 Å². The van der Waals surface area contributed by atoms with E-state index in [-0.39, 0.29) is 5.75 Å². The van der Waals surface area contributed by atoms with Crippen LogP contribution in [0.2, 0.25) is 0 Å². The Kier molecular flexibility index (Phi) is 3.09. The van der Waals surface area contributed by atoms with E-state index in [0.717, 1.165) is 0 Å². The monoisotopic (exact) mass is 309 g/mol. The van der Waals surface area contributed by atoms with Crippen LogP contribution < -0.4 is 5.73 Å². The van der Waals surface area contributed by atoms with Crippen molar-refractivity contribution in [2.45, 2.75) is 0 Å². The van der Waals surface area contributed by atoms with Crippen molar-refractivity contribution in [3.8, 4) is 5.75 Å². The molecule has 64 valence electrons. The van der Waals surface area contributed by atoms with Gasteiger partial charge in [-0.05, 0) is 44.0 Å². The van der Waals surface area contributed by atoms with E-state index in [1.165, 1.54) is 0 Å². The maximum Gasteiger partial charge on any atom is 0.143 e. The lowest BCUT2D eigenvalue weighted by Crippen LogP contribution is -2.09. The zero-order valence-corrected chi connectivity index (χ0v) is 9.83. The molecule has 0 amide bonds. The number of phenols is 1. The summed E-state index contributed by atoms with van der Waals surface area (Å²) in [5.41, 5.74) is 6.12. The average Bonchev–Trinajstić information content (AvgIpc) is 1.99. The minimum Gasteiger partial charge on any atom is -0.506 e. The Morgan fingerprint density at radius 3 is 2.08 bits per heavy atom. The first-order valence-electron chi connectivity index (χ1n) is 3.00. The third-order valence-electron chi connectivity index (χ3n) is 1.30. The standard InChI is InChI=1S/C7H5Br2NOS/c8-4-1-3(7(10)12)2-5(9)6(4)11/h1-2,11H,(H2,10,12). The predicted octanol–water partition coefficient (Wildman–Crippen LogP) is 2.55. The molecule has 1 aromatic carbocycles. The van der Waals surface area contributed by atoms with E-state index < -0.39 is 0 Å². The smallest absolute Gasteiger partial charge is 0.143 e. The molecule has 1 aromatic rings. The Morgan fingerprint density at radius 1 is 1.33 bits per heavy atom. The Balaban J connectivity index is 3.31. The molecule has 0 heterocycles. The van der Waals surface area contributed by atoms with E-state index in [1.807, 2.05) is 0 Å². The molecule has 5 heteroatoms. The summed E-state index contributed by atoms with van der Waals surface area (Å²) in [4.78, 5) is 0.302. The minimum absolute atomic E-state index is 0.148. The van der Waals surface area contributed by atoms with E-state index in [1.54, 1.807) is 12.1 Å². The molecule has 0 saturated heterocycles. The normalized spacial score (nSPS) is 9.83. The van der Waals surface area contributed by atoms with Crippen LogP contribution in [-0.4, -0.2) is 10.1 Å². The fourth-order valence-electron chi connectivity index (χ4n) is 0.708. The number of rotatable bonds is 1. The first-order chi connectivity index (χ1) is 5.52. The molecular weight excluding hydrogens is 306 g/mol. The zero-order chi connectivity index (χ0) is 9.30. The summed E-state index contributed by atoms with van der Waals surface area (Å²) < 4.78 is 1.14. The lowest BCUT2D eigenvalue weighted by atomic mass is 10.2. The molecule has 0 atom stereocenters. The van der Waals surface area contributed by atoms with Crippen molar-refractivity contribution in [2.75, 3.05) is 0 Å². The van der Waals surface area contributed by atoms with E-state index in [9.17, 15) is 5.11 Å². The molecule has 1 rings (SSSR count). The van der Waals surface area contributed by atoms with Gasteiger partial charge in [0.25, 0.3) is 0 Å². The number of phenolic OH excluding ortho intramolecular Hbond substituents is 1. The Hall–Kier alpha value is -0.130. The van der Waals surface area contributed by atoms with Crippen molar-refractivity contribution >= 4 is 49.1 Å². The molecule has 0 saturated carbocycles. The second kappa shape index (κ2) is 3.72. The molecule has 0 aromatic heterocycles. The maximum absolute atomic E-state index is 9.33. The molecule has 12 heavy (non-hydrogen) atoms. The Bertz CT molecular complexity index is 317. The lowest BCUT2D eigenvalue weighted by molar-refractivity contribution is 0.468. The summed E-state index contributed by atoms with van der Waals surface area (Å²) in [5, 5.41) is 9.33. The van der Waals surface area contributed by atoms with Gasteiger partial charge in [0.1, 0.15) is 10.7 Å². The lowest BCUT2D eigenvalue weighted by Gasteiger charge is -2.03. The molecule has 0 unspecified atom stereocenters. The summed E-state index contributed by atoms with van der Waals surface area (Å²) in [7, 11) is 0. The number of hydrogen-bond donors (Lipinski definition) is 2. The fraction of sp³-hybridized carbons (Fsp3) is 0. The third-order valence-corrected chi connectivity index (χ3v) is 2.75. The van der Waals surface area contributed by atoms with Crippen molar-refractivity contribution < 1.29 is 5.11 Å². The van der Waals surface area contributed by atoms with Crippen LogP contribution in [0.5, 0.6) is 5.75 Å². The van der Waals surface area contributed by atoms with Crippen LogP contribution in [0.25, 0.3) is 0 Å². The number of benzene rings is 1. The van der Waals surface area contributed by atoms with E-state index in [0.29, 0.717) is 19.5 Å². The van der Waals surface area contributed by atoms with Crippen LogP contribution in [0, 0.1) is 0 Å². The van der Waals surface area contributed by atoms with Gasteiger partial charge in [0, 0.05) is 5.56 Å². The fourth-order valence-corrected chi connectivity index (χ4v) is 2.01. The number of thiocarbonyl (C=S) groups is 1. The number of halogens is 2. The van der Waals surface area contributed by atoms with Gasteiger partial charge in [-0.1, -0.05) is 12.2 Å². The van der Waals surface area contributed by atoms with Gasteiger partial charge in [-0.2, -0.15) is 0 Å². The van der Waals surface area contributed by atoms with Gasteiger partial charge < -0.3 is 10.8 Å². The van der Waals surface area contributed by atoms with Gasteiger partial charge in [0.2, 0.25) is 0 Å². The van der Waals surface area contributed by atoms with Crippen LogP contribution in [0.1, 0.15) is 5.56 Å². The first kappa shape index (κ1) is 9.95. The minimum atomic E-state index is 0.148. The number of hydrogen-bond acceptors (Lipinski definition) is 2. The quantitative estimate of drug-likeness (QED) is 0.784. The molecule has 0 aliphatic heterocycles. The summed E-state index contributed by atoms with van der Waals surface area (Å²) in [6, 6.07) is 3.34. The first-order valence-corrected chi connectivity index (χ1v) is 4.99. The number of aromatic hydroxyl groups is 1. The molecule has 0 aliphatic carbocycles. The molecule has 2 nitrogen and oxygen atoms in total. The van der Waals surface area contributed by atoms with E-state index in [4.69, 9.17) is 18.0 Å². The molecule has 0 bridgehead atoms. The summed E-state index contributed by atoms with van der Waals surface area (Å²) in [6.45, 7) is 0. The maximum atomic E-state index is 9.33. The highest BCUT2D eigenvalue weighted by atomic mass is 79.9. The van der Waals surface area contributed by atoms with Crippen molar-refractivity contribution in [1.82, 2.24) is 0 Å². The van der Waals surface area contributed by atoms with Crippen LogP contribution in [-0.2, 0) is 0 Å². The molecule has 3 N–H and O–H groups in total. The largest absolute Gasteiger partial charge is 0.506 e. The highest BCUT2D eigenvalue weighted by molar-refractivity contribution is 9.11. The average molecular weight is 311 g/mol. The summed E-state index contributed by atoms with van der Waals surface area (Å²) >= 11 is 11.1. The second-order valence-electron chi connectivity index (χ2n) is 2.15. The van der Waals surface area contributed by atoms with E-state index >= 15 is 0 Å². The molecular formula is C7H5Br2NOS. The Morgan fingerprint density at radius 2 is 1.75 bits per heavy atom. The van der Waals surface area contributed by atoms with E-state index in [2.05, 4.69) is 31.9 Å². The van der Waals surface area contributed by atoms with Crippen LogP contribution in [0.4, 0.5) is 0 Å². The van der Waals surface area contributed by atoms with Crippen LogP contribution in [0.3, 0.4) is 0 Å². The van der Waals surface area contributed by atoms with Gasteiger partial charge in [-0.3, -0.25) is 0 Å². The highest BCUT2D eigenvalue weighted by Gasteiger charge is 2.06. The highest BCUT2D eigenvalue weighted by Crippen LogP contribution is 2.33. The second-order valence-corrected chi connectivity index (χ2v) is 4.30. The van der Waals surface area contributed by atoms with Crippen LogP contribution in [0.15, 0.2) is 21.1 Å². The topological polar surface area (TPSA) is 46.2 Å². The third kappa shape index (κ3) is 1.97. The molecule has 0 fully saturated rings. The molecule has 0 spiro atoms. The van der Waals surface area contributed by atoms with Crippen molar-refractivity contribution in [3.63, 3.8) is 0 Å². The predicted molar refractivity (Wildman–Crippen MR) is 59.4 cm³/mol. The van der Waals surface area contributed by atoms with Gasteiger partial charge in [0.05, 0.1) is 8.95 Å². The summed E-state index contributed by atoms with van der Waals surface area (Å²) in [5.74, 6) is 0.148. The van der Waals surface area contributed by atoms with Crippen molar-refractivity contribution in [1.29, 1.82) is 0 Å². The SMILES string of the molecule is NC(=S)c1cc(Br)c(O)c(Br)c1. The van der Waals surface area contributed by atoms with Gasteiger partial charge in [-0.25, -0.2) is 0 Å². The summed E-state index contributed by atoms with van der Waals surface area (Å²) in [6.07, 6.45) is 0. The molecule has 0 aliphatic rings. The van der Waals surface area contributed by atoms with Crippen LogP contribution >= 0.6 is 44.1 Å². The van der Waals surface area contributed by atoms with Crippen molar-refractivity contribution in [3.05, 3.63) is 26.6 Å².